The van der Waals surface area contributed by atoms with Crippen molar-refractivity contribution >= 4 is 10.9 Å². The topological polar surface area (TPSA) is 60.3 Å². The van der Waals surface area contributed by atoms with Crippen molar-refractivity contribution in [1.82, 2.24) is 4.98 Å². The van der Waals surface area contributed by atoms with E-state index in [0.717, 1.165) is 17.0 Å². The highest BCUT2D eigenvalue weighted by Gasteiger charge is 2.36. The lowest BCUT2D eigenvalue weighted by molar-refractivity contribution is 0.172. The van der Waals surface area contributed by atoms with Gasteiger partial charge in [0.05, 0.1) is 0 Å². The Kier molecular flexibility index (Phi) is 2.67. The lowest BCUT2D eigenvalue weighted by atomic mass is 9.79. The molecule has 0 spiro atoms. The number of nitrogens with two attached hydrogens (primary N) is 1. The Bertz CT molecular complexity index is 641. The molecular formula is C16H20N2O2. The highest BCUT2D eigenvalue weighted by Crippen LogP contribution is 2.45. The number of nitrogens with one attached hydrogen (secondary N) is 1. The van der Waals surface area contributed by atoms with Crippen LogP contribution < -0.4 is 15.2 Å². The highest BCUT2D eigenvalue weighted by molar-refractivity contribution is 5.88. The zero-order valence-corrected chi connectivity index (χ0v) is 11.6. The van der Waals surface area contributed by atoms with E-state index in [2.05, 4.69) is 17.2 Å². The first-order valence-corrected chi connectivity index (χ1v) is 7.44. The Morgan fingerprint density at radius 1 is 1.10 bits per heavy atom. The van der Waals surface area contributed by atoms with Gasteiger partial charge in [0.25, 0.3) is 0 Å². The molecule has 0 bridgehead atoms. The summed E-state index contributed by atoms with van der Waals surface area (Å²) in [5, 5.41) is 1.24. The first-order valence-electron chi connectivity index (χ1n) is 7.44. The van der Waals surface area contributed by atoms with Crippen LogP contribution >= 0.6 is 0 Å². The van der Waals surface area contributed by atoms with Gasteiger partial charge in [-0.2, -0.15) is 0 Å². The smallest absolute Gasteiger partial charge is 0.163 e. The van der Waals surface area contributed by atoms with Crippen molar-refractivity contribution in [3.63, 3.8) is 0 Å². The van der Waals surface area contributed by atoms with Crippen LogP contribution in [0.15, 0.2) is 18.3 Å². The molecule has 4 rings (SSSR count). The molecule has 0 radical (unpaired) electrons. The van der Waals surface area contributed by atoms with Crippen molar-refractivity contribution in [3.05, 3.63) is 23.9 Å². The molecule has 4 heteroatoms. The summed E-state index contributed by atoms with van der Waals surface area (Å²) in [4.78, 5) is 3.38. The van der Waals surface area contributed by atoms with Gasteiger partial charge in [-0.1, -0.05) is 12.8 Å². The quantitative estimate of drug-likeness (QED) is 0.883. The summed E-state index contributed by atoms with van der Waals surface area (Å²) in [5.41, 5.74) is 8.73. The maximum absolute atomic E-state index is 6.12. The first-order chi connectivity index (χ1) is 9.82. The zero-order chi connectivity index (χ0) is 13.6. The van der Waals surface area contributed by atoms with Crippen LogP contribution in [-0.2, 0) is 5.41 Å². The summed E-state index contributed by atoms with van der Waals surface area (Å²) in [6, 6.07) is 4.16. The van der Waals surface area contributed by atoms with Crippen molar-refractivity contribution in [3.8, 4) is 11.5 Å². The van der Waals surface area contributed by atoms with Crippen LogP contribution in [-0.4, -0.2) is 24.7 Å². The van der Waals surface area contributed by atoms with E-state index in [-0.39, 0.29) is 5.41 Å². The predicted molar refractivity (Wildman–Crippen MR) is 78.5 cm³/mol. The number of benzene rings is 1. The Morgan fingerprint density at radius 2 is 1.80 bits per heavy atom. The normalized spacial score (nSPS) is 20.4. The van der Waals surface area contributed by atoms with Gasteiger partial charge in [-0.15, -0.1) is 0 Å². The number of aromatic amines is 1. The van der Waals surface area contributed by atoms with Gasteiger partial charge in [-0.25, -0.2) is 0 Å². The molecule has 1 aromatic heterocycles. The van der Waals surface area contributed by atoms with Crippen molar-refractivity contribution < 1.29 is 9.47 Å². The molecule has 106 valence electrons. The van der Waals surface area contributed by atoms with Gasteiger partial charge in [0.15, 0.2) is 11.5 Å². The summed E-state index contributed by atoms with van der Waals surface area (Å²) in [7, 11) is 0. The van der Waals surface area contributed by atoms with E-state index in [1.54, 1.807) is 0 Å². The number of hydrogen-bond donors (Lipinski definition) is 2. The van der Waals surface area contributed by atoms with E-state index in [4.69, 9.17) is 15.2 Å². The molecule has 2 aromatic rings. The van der Waals surface area contributed by atoms with Gasteiger partial charge in [0, 0.05) is 35.1 Å². The molecule has 0 saturated heterocycles. The second-order valence-corrected chi connectivity index (χ2v) is 5.94. The summed E-state index contributed by atoms with van der Waals surface area (Å²) < 4.78 is 11.4. The van der Waals surface area contributed by atoms with Crippen LogP contribution in [0, 0.1) is 0 Å². The number of H-pyrrole nitrogens is 1. The van der Waals surface area contributed by atoms with Gasteiger partial charge in [-0.05, 0) is 24.5 Å². The van der Waals surface area contributed by atoms with Gasteiger partial charge in [0.2, 0.25) is 0 Å². The van der Waals surface area contributed by atoms with E-state index in [0.29, 0.717) is 19.8 Å². The number of hydrogen-bond acceptors (Lipinski definition) is 3. The maximum atomic E-state index is 6.12. The van der Waals surface area contributed by atoms with Gasteiger partial charge >= 0.3 is 0 Å². The lowest BCUT2D eigenvalue weighted by Crippen LogP contribution is -2.31. The van der Waals surface area contributed by atoms with E-state index < -0.39 is 0 Å². The summed E-state index contributed by atoms with van der Waals surface area (Å²) >= 11 is 0. The van der Waals surface area contributed by atoms with Gasteiger partial charge in [0.1, 0.15) is 13.2 Å². The number of fused-ring (bicyclic) bond motifs is 2. The van der Waals surface area contributed by atoms with E-state index in [9.17, 15) is 0 Å². The van der Waals surface area contributed by atoms with Gasteiger partial charge in [-0.3, -0.25) is 0 Å². The monoisotopic (exact) mass is 272 g/mol. The molecule has 0 atom stereocenters. The molecule has 4 nitrogen and oxygen atoms in total. The molecule has 1 aliphatic heterocycles. The Balaban J connectivity index is 1.88. The Morgan fingerprint density at radius 3 is 2.50 bits per heavy atom. The van der Waals surface area contributed by atoms with Crippen LogP contribution in [0.2, 0.25) is 0 Å². The van der Waals surface area contributed by atoms with E-state index in [1.807, 2.05) is 6.07 Å². The zero-order valence-electron chi connectivity index (χ0n) is 11.6. The molecule has 1 saturated carbocycles. The molecule has 2 aliphatic rings. The molecule has 20 heavy (non-hydrogen) atoms. The minimum absolute atomic E-state index is 0.141. The van der Waals surface area contributed by atoms with Crippen LogP contribution in [0.25, 0.3) is 10.9 Å². The van der Waals surface area contributed by atoms with E-state index in [1.165, 1.54) is 36.6 Å². The van der Waals surface area contributed by atoms with Crippen LogP contribution in [0.5, 0.6) is 11.5 Å². The summed E-state index contributed by atoms with van der Waals surface area (Å²) in [5.74, 6) is 1.69. The number of rotatable bonds is 2. The third-order valence-electron chi connectivity index (χ3n) is 4.87. The minimum atomic E-state index is 0.141. The van der Waals surface area contributed by atoms with Crippen LogP contribution in [0.4, 0.5) is 0 Å². The van der Waals surface area contributed by atoms with Crippen molar-refractivity contribution in [2.45, 2.75) is 31.1 Å². The predicted octanol–water partition coefficient (Wildman–Crippen LogP) is 2.71. The standard InChI is InChI=1S/C16H20N2O2/c17-10-16(3-1-2-4-16)12-9-18-13-8-15-14(7-11(12)13)19-5-6-20-15/h7-9,18H,1-6,10,17H2. The molecule has 0 amide bonds. The molecule has 3 N–H and O–H groups in total. The highest BCUT2D eigenvalue weighted by atomic mass is 16.6. The van der Waals surface area contributed by atoms with E-state index >= 15 is 0 Å². The maximum Gasteiger partial charge on any atom is 0.163 e. The molecule has 1 fully saturated rings. The molecule has 0 unspecified atom stereocenters. The van der Waals surface area contributed by atoms with Crippen molar-refractivity contribution in [1.29, 1.82) is 0 Å². The van der Waals surface area contributed by atoms with Crippen molar-refractivity contribution in [2.24, 2.45) is 5.73 Å². The van der Waals surface area contributed by atoms with Crippen LogP contribution in [0.3, 0.4) is 0 Å². The molecule has 1 aliphatic carbocycles. The Labute approximate surface area is 118 Å². The third kappa shape index (κ3) is 1.64. The number of aromatic nitrogens is 1. The number of ether oxygens (including phenoxy) is 2. The fourth-order valence-electron chi connectivity index (χ4n) is 3.73. The SMILES string of the molecule is NCC1(c2c[nH]c3cc4c(cc23)OCCO4)CCCC1. The lowest BCUT2D eigenvalue weighted by Gasteiger charge is -2.27. The minimum Gasteiger partial charge on any atom is -0.486 e. The molecule has 2 heterocycles. The van der Waals surface area contributed by atoms with Gasteiger partial charge < -0.3 is 20.2 Å². The fourth-order valence-corrected chi connectivity index (χ4v) is 3.73. The average Bonchev–Trinajstić information content (AvgIpc) is 3.11. The molecule has 1 aromatic carbocycles. The average molecular weight is 272 g/mol. The second-order valence-electron chi connectivity index (χ2n) is 5.94. The van der Waals surface area contributed by atoms with Crippen LogP contribution in [0.1, 0.15) is 31.2 Å². The summed E-state index contributed by atoms with van der Waals surface area (Å²) in [6.45, 7) is 1.97. The fraction of sp³-hybridized carbons (Fsp3) is 0.500. The largest absolute Gasteiger partial charge is 0.486 e. The first kappa shape index (κ1) is 12.1. The Hall–Kier alpha value is -1.68. The second kappa shape index (κ2) is 4.42. The summed E-state index contributed by atoms with van der Waals surface area (Å²) in [6.07, 6.45) is 7.05. The third-order valence-corrected chi connectivity index (χ3v) is 4.87. The molecular weight excluding hydrogens is 252 g/mol. The van der Waals surface area contributed by atoms with Crippen molar-refractivity contribution in [2.75, 3.05) is 19.8 Å².